The molecular formula is C9H8NO2. The molecule has 0 aliphatic heterocycles. The lowest BCUT2D eigenvalue weighted by Gasteiger charge is -1.95. The van der Waals surface area contributed by atoms with Crippen molar-refractivity contribution in [1.29, 1.82) is 0 Å². The minimum atomic E-state index is -0.355. The number of nitro benzene ring substituents is 1. The summed E-state index contributed by atoms with van der Waals surface area (Å²) in [5.74, 6) is 1.33. The van der Waals surface area contributed by atoms with Crippen molar-refractivity contribution in [2.75, 3.05) is 0 Å². The molecule has 0 amide bonds. The van der Waals surface area contributed by atoms with Crippen molar-refractivity contribution in [2.45, 2.75) is 12.8 Å². The van der Waals surface area contributed by atoms with Crippen molar-refractivity contribution >= 4 is 5.69 Å². The summed E-state index contributed by atoms with van der Waals surface area (Å²) in [4.78, 5) is 10.0. The summed E-state index contributed by atoms with van der Waals surface area (Å²) >= 11 is 0. The van der Waals surface area contributed by atoms with Crippen LogP contribution in [0.25, 0.3) is 0 Å². The molecule has 0 saturated heterocycles. The monoisotopic (exact) mass is 162 g/mol. The van der Waals surface area contributed by atoms with Gasteiger partial charge in [0.1, 0.15) is 0 Å². The predicted octanol–water partition coefficient (Wildman–Crippen LogP) is 2.31. The lowest BCUT2D eigenvalue weighted by atomic mass is 10.1. The maximum absolute atomic E-state index is 10.4. The van der Waals surface area contributed by atoms with Crippen LogP contribution in [0.5, 0.6) is 0 Å². The minimum absolute atomic E-state index is 0.187. The Balaban J connectivity index is 2.32. The van der Waals surface area contributed by atoms with Gasteiger partial charge in [0, 0.05) is 18.1 Å². The molecule has 1 aliphatic carbocycles. The third-order valence-electron chi connectivity index (χ3n) is 1.97. The maximum atomic E-state index is 10.4. The van der Waals surface area contributed by atoms with Crippen LogP contribution < -0.4 is 0 Å². The quantitative estimate of drug-likeness (QED) is 0.494. The van der Waals surface area contributed by atoms with Crippen LogP contribution in [0, 0.1) is 16.0 Å². The molecule has 61 valence electrons. The zero-order chi connectivity index (χ0) is 8.55. The number of rotatable bonds is 2. The topological polar surface area (TPSA) is 43.1 Å². The first kappa shape index (κ1) is 7.28. The highest BCUT2D eigenvalue weighted by Gasteiger charge is 2.25. The molecule has 3 nitrogen and oxygen atoms in total. The Labute approximate surface area is 70.2 Å². The molecule has 0 spiro atoms. The second-order valence-electron chi connectivity index (χ2n) is 2.91. The zero-order valence-electron chi connectivity index (χ0n) is 6.49. The Morgan fingerprint density at radius 3 is 2.67 bits per heavy atom. The van der Waals surface area contributed by atoms with E-state index < -0.39 is 0 Å². The van der Waals surface area contributed by atoms with E-state index in [2.05, 4.69) is 0 Å². The third-order valence-corrected chi connectivity index (χ3v) is 1.97. The van der Waals surface area contributed by atoms with Crippen molar-refractivity contribution in [3.8, 4) is 0 Å². The molecule has 1 fully saturated rings. The van der Waals surface area contributed by atoms with E-state index in [0.717, 1.165) is 18.4 Å². The summed E-state index contributed by atoms with van der Waals surface area (Å²) in [7, 11) is 0. The van der Waals surface area contributed by atoms with E-state index >= 15 is 0 Å². The van der Waals surface area contributed by atoms with E-state index in [0.29, 0.717) is 0 Å². The molecule has 1 aromatic carbocycles. The van der Waals surface area contributed by atoms with Gasteiger partial charge in [-0.3, -0.25) is 10.1 Å². The van der Waals surface area contributed by atoms with Gasteiger partial charge in [-0.2, -0.15) is 0 Å². The van der Waals surface area contributed by atoms with Gasteiger partial charge in [-0.05, 0) is 18.4 Å². The maximum Gasteiger partial charge on any atom is 0.269 e. The second kappa shape index (κ2) is 2.59. The molecule has 0 bridgehead atoms. The van der Waals surface area contributed by atoms with E-state index in [1.54, 1.807) is 12.1 Å². The number of nitrogens with zero attached hydrogens (tertiary/aromatic N) is 1. The number of non-ortho nitro benzene ring substituents is 1. The summed E-state index contributed by atoms with van der Waals surface area (Å²) in [5.41, 5.74) is 1.22. The predicted molar refractivity (Wildman–Crippen MR) is 44.7 cm³/mol. The number of hydrogen-bond donors (Lipinski definition) is 0. The second-order valence-corrected chi connectivity index (χ2v) is 2.91. The van der Waals surface area contributed by atoms with Crippen LogP contribution in [0.15, 0.2) is 24.3 Å². The molecule has 0 N–H and O–H groups in total. The van der Waals surface area contributed by atoms with Crippen LogP contribution in [-0.4, -0.2) is 4.92 Å². The van der Waals surface area contributed by atoms with E-state index in [-0.39, 0.29) is 10.6 Å². The Bertz CT molecular complexity index is 318. The molecule has 1 aromatic rings. The molecule has 12 heavy (non-hydrogen) atoms. The van der Waals surface area contributed by atoms with Gasteiger partial charge >= 0.3 is 0 Å². The van der Waals surface area contributed by atoms with Crippen LogP contribution in [0.1, 0.15) is 18.4 Å². The van der Waals surface area contributed by atoms with Gasteiger partial charge in [0.15, 0.2) is 0 Å². The number of nitro groups is 1. The van der Waals surface area contributed by atoms with Gasteiger partial charge in [0.25, 0.3) is 5.69 Å². The molecule has 0 heterocycles. The number of hydrogen-bond acceptors (Lipinski definition) is 2. The van der Waals surface area contributed by atoms with Gasteiger partial charge in [-0.1, -0.05) is 12.1 Å². The molecule has 3 heteroatoms. The standard InChI is InChI=1S/C9H8NO2/c11-10(12)9-3-1-2-8(6-9)7-4-5-7/h1-3,6H,4-5H2. The lowest BCUT2D eigenvalue weighted by Crippen LogP contribution is -1.88. The molecule has 1 saturated carbocycles. The van der Waals surface area contributed by atoms with Crippen LogP contribution in [-0.2, 0) is 0 Å². The lowest BCUT2D eigenvalue weighted by molar-refractivity contribution is -0.384. The summed E-state index contributed by atoms with van der Waals surface area (Å²) in [6.07, 6.45) is 2.20. The Kier molecular flexibility index (Phi) is 1.57. The molecule has 1 aliphatic rings. The van der Waals surface area contributed by atoms with Gasteiger partial charge in [0.05, 0.1) is 4.92 Å². The first-order valence-corrected chi connectivity index (χ1v) is 3.87. The summed E-state index contributed by atoms with van der Waals surface area (Å²) in [6, 6.07) is 6.82. The van der Waals surface area contributed by atoms with Crippen LogP contribution in [0.4, 0.5) is 5.69 Å². The fourth-order valence-corrected chi connectivity index (χ4v) is 1.19. The fraction of sp³-hybridized carbons (Fsp3) is 0.222. The molecule has 2 rings (SSSR count). The highest BCUT2D eigenvalue weighted by Crippen LogP contribution is 2.39. The van der Waals surface area contributed by atoms with Crippen molar-refractivity contribution < 1.29 is 4.92 Å². The molecule has 0 atom stereocenters. The van der Waals surface area contributed by atoms with Gasteiger partial charge in [-0.15, -0.1) is 0 Å². The zero-order valence-corrected chi connectivity index (χ0v) is 6.49. The molecule has 0 unspecified atom stereocenters. The summed E-state index contributed by atoms with van der Waals surface area (Å²) in [6.45, 7) is 0. The normalized spacial score (nSPS) is 16.0. The fourth-order valence-electron chi connectivity index (χ4n) is 1.19. The molecule has 0 aromatic heterocycles. The highest BCUT2D eigenvalue weighted by molar-refractivity contribution is 5.44. The van der Waals surface area contributed by atoms with E-state index in [1.807, 2.05) is 6.07 Å². The average Bonchev–Trinajstić information content (AvgIpc) is 2.87. The Morgan fingerprint density at radius 2 is 2.08 bits per heavy atom. The molecular weight excluding hydrogens is 154 g/mol. The van der Waals surface area contributed by atoms with E-state index in [4.69, 9.17) is 0 Å². The first-order chi connectivity index (χ1) is 5.77. The number of benzene rings is 1. The summed E-state index contributed by atoms with van der Waals surface area (Å²) in [5, 5.41) is 10.4. The van der Waals surface area contributed by atoms with Crippen molar-refractivity contribution in [3.05, 3.63) is 45.9 Å². The van der Waals surface area contributed by atoms with Crippen LogP contribution >= 0.6 is 0 Å². The summed E-state index contributed by atoms with van der Waals surface area (Å²) < 4.78 is 0. The van der Waals surface area contributed by atoms with Gasteiger partial charge in [0.2, 0.25) is 0 Å². The average molecular weight is 162 g/mol. The van der Waals surface area contributed by atoms with Crippen molar-refractivity contribution in [3.63, 3.8) is 0 Å². The van der Waals surface area contributed by atoms with Crippen LogP contribution in [0.2, 0.25) is 0 Å². The molecule has 1 radical (unpaired) electrons. The smallest absolute Gasteiger partial charge is 0.258 e. The SMILES string of the molecule is O=[N+]([O-])c1cccc([C]2CC2)c1. The van der Waals surface area contributed by atoms with Gasteiger partial charge < -0.3 is 0 Å². The first-order valence-electron chi connectivity index (χ1n) is 3.87. The third kappa shape index (κ3) is 1.30. The van der Waals surface area contributed by atoms with E-state index in [9.17, 15) is 10.1 Å². The Morgan fingerprint density at radius 1 is 1.33 bits per heavy atom. The largest absolute Gasteiger partial charge is 0.269 e. The van der Waals surface area contributed by atoms with Gasteiger partial charge in [-0.25, -0.2) is 0 Å². The van der Waals surface area contributed by atoms with Crippen molar-refractivity contribution in [1.82, 2.24) is 0 Å². The van der Waals surface area contributed by atoms with E-state index in [1.165, 1.54) is 12.0 Å². The van der Waals surface area contributed by atoms with Crippen LogP contribution in [0.3, 0.4) is 0 Å². The van der Waals surface area contributed by atoms with Crippen molar-refractivity contribution in [2.24, 2.45) is 0 Å². The Hall–Kier alpha value is -1.38. The minimum Gasteiger partial charge on any atom is -0.258 e. The highest BCUT2D eigenvalue weighted by atomic mass is 16.6.